The third-order valence-electron chi connectivity index (χ3n) is 10.5. The Morgan fingerprint density at radius 2 is 0.833 bits per heavy atom. The van der Waals surface area contributed by atoms with E-state index in [1.165, 1.54) is 98.4 Å². The Hall–Kier alpha value is -5.98. The summed E-state index contributed by atoms with van der Waals surface area (Å²) in [4.78, 5) is 0. The minimum Gasteiger partial charge on any atom is -0.0622 e. The average molecular weight is 609 g/mol. The molecule has 10 rings (SSSR count). The molecule has 1 aliphatic carbocycles. The number of fused-ring (bicyclic) bond motifs is 9. The Kier molecular flexibility index (Phi) is 6.11. The summed E-state index contributed by atoms with van der Waals surface area (Å²) < 4.78 is 0. The van der Waals surface area contributed by atoms with E-state index >= 15 is 0 Å². The van der Waals surface area contributed by atoms with Gasteiger partial charge in [-0.25, -0.2) is 0 Å². The van der Waals surface area contributed by atoms with Crippen molar-refractivity contribution < 1.29 is 0 Å². The molecular weight excluding hydrogens is 577 g/mol. The number of hydrogen-bond donors (Lipinski definition) is 0. The van der Waals surface area contributed by atoms with E-state index in [-0.39, 0.29) is 0 Å². The van der Waals surface area contributed by atoms with Crippen LogP contribution in [0, 0.1) is 0 Å². The van der Waals surface area contributed by atoms with Crippen LogP contribution in [0.25, 0.3) is 87.8 Å². The van der Waals surface area contributed by atoms with Crippen LogP contribution < -0.4 is 0 Å². The van der Waals surface area contributed by atoms with Gasteiger partial charge in [-0.2, -0.15) is 0 Å². The summed E-state index contributed by atoms with van der Waals surface area (Å²) in [6.07, 6.45) is 4.52. The molecule has 0 amide bonds. The Morgan fingerprint density at radius 1 is 0.312 bits per heavy atom. The Balaban J connectivity index is 1.32. The number of rotatable bonds is 3. The van der Waals surface area contributed by atoms with Gasteiger partial charge in [0, 0.05) is 0 Å². The third kappa shape index (κ3) is 4.16. The van der Waals surface area contributed by atoms with E-state index < -0.39 is 0 Å². The van der Waals surface area contributed by atoms with Gasteiger partial charge < -0.3 is 0 Å². The van der Waals surface area contributed by atoms with Gasteiger partial charge in [-0.15, -0.1) is 0 Å². The van der Waals surface area contributed by atoms with Crippen molar-refractivity contribution in [3.8, 4) is 22.3 Å². The fourth-order valence-corrected chi connectivity index (χ4v) is 8.37. The van der Waals surface area contributed by atoms with Crippen LogP contribution in [0.3, 0.4) is 0 Å². The summed E-state index contributed by atoms with van der Waals surface area (Å²) >= 11 is 0. The standard InChI is InChI=1S/C48H32/c1-2-12-31(13-3-1)34-24-27-44-46(29-34)48(43-21-11-10-20-42(43)47(44)35-23-22-32-14-4-5-15-33(32)28-35)36-25-26-41-39-18-7-6-16-37(39)38-17-8-9-19-40(38)45(41)30-36/h1-23,25-26,28-30H,24,27H2. The van der Waals surface area contributed by atoms with Crippen molar-refractivity contribution in [2.75, 3.05) is 0 Å². The zero-order valence-corrected chi connectivity index (χ0v) is 26.6. The van der Waals surface area contributed by atoms with Crippen LogP contribution in [0.5, 0.6) is 0 Å². The number of hydrogen-bond acceptors (Lipinski definition) is 0. The first-order valence-corrected chi connectivity index (χ1v) is 17.0. The first-order valence-electron chi connectivity index (χ1n) is 17.0. The van der Waals surface area contributed by atoms with Gasteiger partial charge in [0.15, 0.2) is 0 Å². The predicted molar refractivity (Wildman–Crippen MR) is 207 cm³/mol. The van der Waals surface area contributed by atoms with Crippen LogP contribution in [-0.2, 0) is 6.42 Å². The van der Waals surface area contributed by atoms with Crippen LogP contribution in [0.4, 0.5) is 0 Å². The summed E-state index contributed by atoms with van der Waals surface area (Å²) in [5.74, 6) is 0. The zero-order chi connectivity index (χ0) is 31.6. The van der Waals surface area contributed by atoms with Gasteiger partial charge >= 0.3 is 0 Å². The molecule has 48 heavy (non-hydrogen) atoms. The van der Waals surface area contributed by atoms with E-state index in [2.05, 4.69) is 170 Å². The lowest BCUT2D eigenvalue weighted by atomic mass is 9.77. The van der Waals surface area contributed by atoms with Gasteiger partial charge in [0.1, 0.15) is 0 Å². The van der Waals surface area contributed by atoms with E-state index in [9.17, 15) is 0 Å². The van der Waals surface area contributed by atoms with E-state index in [1.807, 2.05) is 0 Å². The quantitative estimate of drug-likeness (QED) is 0.175. The highest BCUT2D eigenvalue weighted by Crippen LogP contribution is 2.48. The monoisotopic (exact) mass is 608 g/mol. The van der Waals surface area contributed by atoms with Gasteiger partial charge in [-0.05, 0) is 123 Å². The van der Waals surface area contributed by atoms with Gasteiger partial charge in [0.2, 0.25) is 0 Å². The van der Waals surface area contributed by atoms with E-state index in [4.69, 9.17) is 0 Å². The molecule has 0 aliphatic heterocycles. The molecule has 224 valence electrons. The Bertz CT molecular complexity index is 2730. The summed E-state index contributed by atoms with van der Waals surface area (Å²) in [6.45, 7) is 0. The molecule has 0 heteroatoms. The molecule has 0 atom stereocenters. The Labute approximate surface area is 280 Å². The lowest BCUT2D eigenvalue weighted by molar-refractivity contribution is 1.01. The number of benzene rings is 9. The highest BCUT2D eigenvalue weighted by atomic mass is 14.3. The molecule has 0 aromatic heterocycles. The molecule has 0 unspecified atom stereocenters. The van der Waals surface area contributed by atoms with Gasteiger partial charge in [-0.1, -0.05) is 158 Å². The molecular formula is C48H32. The van der Waals surface area contributed by atoms with Gasteiger partial charge in [-0.3, -0.25) is 0 Å². The highest BCUT2D eigenvalue weighted by Gasteiger charge is 2.24. The Morgan fingerprint density at radius 3 is 1.54 bits per heavy atom. The largest absolute Gasteiger partial charge is 0.0622 e. The minimum atomic E-state index is 0.997. The molecule has 1 aliphatic rings. The molecule has 0 bridgehead atoms. The minimum absolute atomic E-state index is 0.997. The molecule has 0 fully saturated rings. The topological polar surface area (TPSA) is 0 Å². The van der Waals surface area contributed by atoms with Crippen molar-refractivity contribution in [2.24, 2.45) is 0 Å². The SMILES string of the molecule is C1=C(c2ccccc2)CCc2c1c(-c1ccc3c4ccccc4c4ccccc4c3c1)c1ccccc1c2-c1ccc2ccccc2c1. The predicted octanol–water partition coefficient (Wildman–Crippen LogP) is 13.3. The van der Waals surface area contributed by atoms with E-state index in [1.54, 1.807) is 0 Å². The summed E-state index contributed by atoms with van der Waals surface area (Å²) in [5, 5.41) is 13.0. The van der Waals surface area contributed by atoms with Crippen molar-refractivity contribution in [1.82, 2.24) is 0 Å². The third-order valence-corrected chi connectivity index (χ3v) is 10.5. The van der Waals surface area contributed by atoms with Crippen molar-refractivity contribution >= 4 is 65.5 Å². The summed E-state index contributed by atoms with van der Waals surface area (Å²) in [7, 11) is 0. The van der Waals surface area contributed by atoms with Crippen LogP contribution in [0.15, 0.2) is 164 Å². The lowest BCUT2D eigenvalue weighted by Crippen LogP contribution is -2.05. The van der Waals surface area contributed by atoms with Crippen molar-refractivity contribution in [1.29, 1.82) is 0 Å². The van der Waals surface area contributed by atoms with E-state index in [0.29, 0.717) is 0 Å². The lowest BCUT2D eigenvalue weighted by Gasteiger charge is -2.26. The summed E-state index contributed by atoms with van der Waals surface area (Å²) in [6, 6.07) is 60.7. The molecule has 9 aromatic carbocycles. The molecule has 0 radical (unpaired) electrons. The molecule has 0 nitrogen and oxygen atoms in total. The maximum Gasteiger partial charge on any atom is -0.00293 e. The molecule has 0 heterocycles. The highest BCUT2D eigenvalue weighted by molar-refractivity contribution is 6.26. The molecule has 9 aromatic rings. The maximum absolute atomic E-state index is 2.50. The maximum atomic E-state index is 2.50. The molecule has 0 spiro atoms. The van der Waals surface area contributed by atoms with Crippen LogP contribution in [0.1, 0.15) is 23.1 Å². The van der Waals surface area contributed by atoms with Gasteiger partial charge in [0.25, 0.3) is 0 Å². The smallest absolute Gasteiger partial charge is 0.00293 e. The van der Waals surface area contributed by atoms with Crippen molar-refractivity contribution in [3.63, 3.8) is 0 Å². The fourth-order valence-electron chi connectivity index (χ4n) is 8.37. The normalized spacial score (nSPS) is 13.0. The van der Waals surface area contributed by atoms with Crippen LogP contribution >= 0.6 is 0 Å². The molecule has 0 saturated carbocycles. The second-order valence-corrected chi connectivity index (χ2v) is 13.1. The second kappa shape index (κ2) is 10.8. The first-order chi connectivity index (χ1) is 23.8. The summed E-state index contributed by atoms with van der Waals surface area (Å²) in [5.41, 5.74) is 10.8. The van der Waals surface area contributed by atoms with Crippen molar-refractivity contribution in [3.05, 3.63) is 180 Å². The van der Waals surface area contributed by atoms with Crippen molar-refractivity contribution in [2.45, 2.75) is 12.8 Å². The first kappa shape index (κ1) is 27.2. The molecule has 0 N–H and O–H groups in total. The second-order valence-electron chi connectivity index (χ2n) is 13.1. The number of allylic oxidation sites excluding steroid dienone is 1. The van der Waals surface area contributed by atoms with Crippen LogP contribution in [0.2, 0.25) is 0 Å². The average Bonchev–Trinajstić information content (AvgIpc) is 3.17. The molecule has 0 saturated heterocycles. The van der Waals surface area contributed by atoms with E-state index in [0.717, 1.165) is 12.8 Å². The fraction of sp³-hybridized carbons (Fsp3) is 0.0417. The zero-order valence-electron chi connectivity index (χ0n) is 26.6. The van der Waals surface area contributed by atoms with Gasteiger partial charge in [0.05, 0.1) is 0 Å². The van der Waals surface area contributed by atoms with Crippen LogP contribution in [-0.4, -0.2) is 0 Å².